The lowest BCUT2D eigenvalue weighted by Gasteiger charge is -2.23. The molecule has 168 valence electrons. The molecular formula is C26H23ClFN3O2. The summed E-state index contributed by atoms with van der Waals surface area (Å²) in [4.78, 5) is 27.6. The normalized spacial score (nSPS) is 19.6. The van der Waals surface area contributed by atoms with Gasteiger partial charge in [0.1, 0.15) is 5.82 Å². The Morgan fingerprint density at radius 3 is 2.27 bits per heavy atom. The van der Waals surface area contributed by atoms with Gasteiger partial charge in [-0.25, -0.2) is 4.39 Å². The van der Waals surface area contributed by atoms with Crippen molar-refractivity contribution in [3.05, 3.63) is 102 Å². The maximum atomic E-state index is 14.8. The van der Waals surface area contributed by atoms with Crippen molar-refractivity contribution in [3.8, 4) is 0 Å². The molecule has 4 rings (SSSR count). The standard InChI is InChI=1S/C26H23ClFN3O2/c1-16-13-21(25(32)29-19-8-6-18(27)7-9-19)22(14-16)26(33)30-24-11-10-20(15-23(24)28)31-12-4-3-5-17(31)2/h3-12,15,21-22H,1-2,13-14H2,(H,29,32)(H,30,33)/t21-,22+/m0/s1. The van der Waals surface area contributed by atoms with E-state index in [-0.39, 0.29) is 11.6 Å². The molecule has 0 bridgehead atoms. The van der Waals surface area contributed by atoms with Crippen molar-refractivity contribution in [2.24, 2.45) is 11.8 Å². The molecule has 1 saturated carbocycles. The number of hydrogen-bond donors (Lipinski definition) is 2. The maximum absolute atomic E-state index is 14.8. The van der Waals surface area contributed by atoms with Crippen LogP contribution in [-0.4, -0.2) is 11.8 Å². The van der Waals surface area contributed by atoms with Crippen molar-refractivity contribution in [2.45, 2.75) is 12.8 Å². The highest BCUT2D eigenvalue weighted by Crippen LogP contribution is 2.37. The smallest absolute Gasteiger partial charge is 0.228 e. The maximum Gasteiger partial charge on any atom is 0.228 e. The largest absolute Gasteiger partial charge is 0.326 e. The Morgan fingerprint density at radius 2 is 1.64 bits per heavy atom. The highest BCUT2D eigenvalue weighted by molar-refractivity contribution is 6.30. The molecule has 2 amide bonds. The van der Waals surface area contributed by atoms with E-state index in [1.54, 1.807) is 41.4 Å². The minimum absolute atomic E-state index is 0.0558. The van der Waals surface area contributed by atoms with Crippen molar-refractivity contribution in [1.82, 2.24) is 0 Å². The molecule has 0 saturated heterocycles. The molecule has 0 spiro atoms. The Morgan fingerprint density at radius 1 is 0.970 bits per heavy atom. The predicted octanol–water partition coefficient (Wildman–Crippen LogP) is 6.04. The number of halogens is 2. The van der Waals surface area contributed by atoms with Crippen LogP contribution in [0, 0.1) is 17.7 Å². The van der Waals surface area contributed by atoms with Crippen LogP contribution in [0.2, 0.25) is 5.02 Å². The Hall–Kier alpha value is -3.64. The quantitative estimate of drug-likeness (QED) is 0.531. The Kier molecular flexibility index (Phi) is 6.47. The zero-order chi connectivity index (χ0) is 23.5. The number of nitrogens with zero attached hydrogens (tertiary/aromatic N) is 1. The first-order chi connectivity index (χ1) is 15.8. The predicted molar refractivity (Wildman–Crippen MR) is 130 cm³/mol. The van der Waals surface area contributed by atoms with Crippen LogP contribution in [0.4, 0.5) is 21.5 Å². The van der Waals surface area contributed by atoms with Gasteiger partial charge in [-0.2, -0.15) is 0 Å². The van der Waals surface area contributed by atoms with E-state index in [4.69, 9.17) is 11.6 Å². The van der Waals surface area contributed by atoms with E-state index >= 15 is 0 Å². The van der Waals surface area contributed by atoms with Crippen LogP contribution in [0.5, 0.6) is 0 Å². The number of anilines is 3. The molecule has 2 aromatic carbocycles. The summed E-state index contributed by atoms with van der Waals surface area (Å²) in [5.41, 5.74) is 2.75. The minimum Gasteiger partial charge on any atom is -0.326 e. The number of nitrogens with one attached hydrogen (secondary N) is 2. The number of carbonyl (C=O) groups excluding carboxylic acids is 2. The molecule has 0 aromatic heterocycles. The fourth-order valence-corrected chi connectivity index (χ4v) is 4.15. The third kappa shape index (κ3) is 5.07. The highest BCUT2D eigenvalue weighted by Gasteiger charge is 2.39. The number of hydrogen-bond acceptors (Lipinski definition) is 3. The second-order valence-corrected chi connectivity index (χ2v) is 8.52. The summed E-state index contributed by atoms with van der Waals surface area (Å²) in [5, 5.41) is 6.03. The van der Waals surface area contributed by atoms with Crippen molar-refractivity contribution in [3.63, 3.8) is 0 Å². The highest BCUT2D eigenvalue weighted by atomic mass is 35.5. The summed E-state index contributed by atoms with van der Waals surface area (Å²) in [6, 6.07) is 11.3. The Bertz CT molecular complexity index is 1190. The van der Waals surface area contributed by atoms with Crippen LogP contribution >= 0.6 is 11.6 Å². The van der Waals surface area contributed by atoms with Gasteiger partial charge in [0.05, 0.1) is 17.5 Å². The molecular weight excluding hydrogens is 441 g/mol. The fourth-order valence-electron chi connectivity index (χ4n) is 4.02. The summed E-state index contributed by atoms with van der Waals surface area (Å²) < 4.78 is 14.8. The molecule has 2 aliphatic rings. The molecule has 0 unspecified atom stereocenters. The average molecular weight is 464 g/mol. The third-order valence-electron chi connectivity index (χ3n) is 5.72. The molecule has 0 radical (unpaired) electrons. The first kappa shape index (κ1) is 22.6. The lowest BCUT2D eigenvalue weighted by atomic mass is 9.94. The van der Waals surface area contributed by atoms with Crippen LogP contribution < -0.4 is 15.5 Å². The lowest BCUT2D eigenvalue weighted by molar-refractivity contribution is -0.128. The number of carbonyl (C=O) groups is 2. The van der Waals surface area contributed by atoms with Gasteiger partial charge in [-0.1, -0.05) is 36.4 Å². The van der Waals surface area contributed by atoms with Gasteiger partial charge in [0, 0.05) is 34.4 Å². The molecule has 2 N–H and O–H groups in total. The van der Waals surface area contributed by atoms with E-state index in [1.807, 2.05) is 18.2 Å². The van der Waals surface area contributed by atoms with Gasteiger partial charge in [0.15, 0.2) is 0 Å². The van der Waals surface area contributed by atoms with Gasteiger partial charge in [-0.05, 0) is 61.4 Å². The van der Waals surface area contributed by atoms with Crippen molar-refractivity contribution < 1.29 is 14.0 Å². The van der Waals surface area contributed by atoms with Crippen LogP contribution in [0.15, 0.2) is 91.3 Å². The van der Waals surface area contributed by atoms with E-state index in [2.05, 4.69) is 23.8 Å². The summed E-state index contributed by atoms with van der Waals surface area (Å²) in [7, 11) is 0. The fraction of sp³-hybridized carbons (Fsp3) is 0.154. The lowest BCUT2D eigenvalue weighted by Crippen LogP contribution is -2.33. The molecule has 5 nitrogen and oxygen atoms in total. The number of amides is 2. The number of rotatable bonds is 5. The minimum atomic E-state index is -0.640. The molecule has 1 fully saturated rings. The Balaban J connectivity index is 1.46. The summed E-state index contributed by atoms with van der Waals surface area (Å²) in [5.74, 6) is -2.50. The van der Waals surface area contributed by atoms with Crippen LogP contribution in [0.25, 0.3) is 0 Å². The second-order valence-electron chi connectivity index (χ2n) is 8.08. The average Bonchev–Trinajstić information content (AvgIpc) is 3.19. The van der Waals surface area contributed by atoms with Crippen molar-refractivity contribution in [1.29, 1.82) is 0 Å². The van der Waals surface area contributed by atoms with Crippen LogP contribution in [0.1, 0.15) is 12.8 Å². The zero-order valence-electron chi connectivity index (χ0n) is 17.9. The van der Waals surface area contributed by atoms with Gasteiger partial charge in [-0.15, -0.1) is 0 Å². The third-order valence-corrected chi connectivity index (χ3v) is 5.97. The van der Waals surface area contributed by atoms with Gasteiger partial charge in [0.25, 0.3) is 0 Å². The molecule has 1 aliphatic heterocycles. The zero-order valence-corrected chi connectivity index (χ0v) is 18.6. The molecule has 7 heteroatoms. The van der Waals surface area contributed by atoms with E-state index < -0.39 is 23.6 Å². The summed E-state index contributed by atoms with van der Waals surface area (Å²) in [6.45, 7) is 7.89. The van der Waals surface area contributed by atoms with E-state index in [1.165, 1.54) is 12.1 Å². The summed E-state index contributed by atoms with van der Waals surface area (Å²) >= 11 is 5.89. The molecule has 1 aliphatic carbocycles. The first-order valence-electron chi connectivity index (χ1n) is 10.5. The molecule has 1 heterocycles. The van der Waals surface area contributed by atoms with Crippen LogP contribution in [0.3, 0.4) is 0 Å². The van der Waals surface area contributed by atoms with Crippen molar-refractivity contribution in [2.75, 3.05) is 15.5 Å². The van der Waals surface area contributed by atoms with E-state index in [0.29, 0.717) is 34.9 Å². The number of benzene rings is 2. The number of allylic oxidation sites excluding steroid dienone is 4. The SMILES string of the molecule is C=C1C[C@H](C(=O)Nc2ccc(Cl)cc2)[C@H](C(=O)Nc2ccc(N3C=CC=CC3=C)cc2F)C1. The van der Waals surface area contributed by atoms with Gasteiger partial charge >= 0.3 is 0 Å². The molecule has 2 aromatic rings. The molecule has 33 heavy (non-hydrogen) atoms. The van der Waals surface area contributed by atoms with Gasteiger partial charge < -0.3 is 15.5 Å². The molecule has 2 atom stereocenters. The van der Waals surface area contributed by atoms with Gasteiger partial charge in [-0.3, -0.25) is 9.59 Å². The monoisotopic (exact) mass is 463 g/mol. The van der Waals surface area contributed by atoms with E-state index in [0.717, 1.165) is 5.57 Å². The van der Waals surface area contributed by atoms with Crippen molar-refractivity contribution >= 4 is 40.5 Å². The second kappa shape index (κ2) is 9.46. The van der Waals surface area contributed by atoms with Crippen LogP contribution in [-0.2, 0) is 9.59 Å². The Labute approximate surface area is 196 Å². The van der Waals surface area contributed by atoms with Gasteiger partial charge in [0.2, 0.25) is 11.8 Å². The van der Waals surface area contributed by atoms with E-state index in [9.17, 15) is 14.0 Å². The first-order valence-corrected chi connectivity index (χ1v) is 10.9. The summed E-state index contributed by atoms with van der Waals surface area (Å²) in [6.07, 6.45) is 8.03. The topological polar surface area (TPSA) is 61.4 Å².